The minimum atomic E-state index is 0.0197. The number of rotatable bonds is 2. The van der Waals surface area contributed by atoms with Gasteiger partial charge in [0.15, 0.2) is 5.76 Å². The van der Waals surface area contributed by atoms with Crippen LogP contribution in [0.4, 0.5) is 0 Å². The Hall–Kier alpha value is -1.25. The van der Waals surface area contributed by atoms with Gasteiger partial charge >= 0.3 is 0 Å². The molecule has 1 aliphatic rings. The zero-order valence-electron chi connectivity index (χ0n) is 10.9. The lowest BCUT2D eigenvalue weighted by molar-refractivity contribution is 0.0596. The van der Waals surface area contributed by atoms with Gasteiger partial charge in [0.2, 0.25) is 0 Å². The van der Waals surface area contributed by atoms with Gasteiger partial charge in [-0.25, -0.2) is 0 Å². The third-order valence-corrected chi connectivity index (χ3v) is 3.94. The van der Waals surface area contributed by atoms with Gasteiger partial charge in [-0.3, -0.25) is 4.79 Å². The first-order valence-electron chi connectivity index (χ1n) is 6.42. The lowest BCUT2D eigenvalue weighted by atomic mass is 9.85. The van der Waals surface area contributed by atoms with E-state index in [9.17, 15) is 4.79 Å². The number of nitrogens with zero attached hydrogens (tertiary/aromatic N) is 1. The number of hydrogen-bond donors (Lipinski definition) is 0. The van der Waals surface area contributed by atoms with E-state index in [-0.39, 0.29) is 5.91 Å². The van der Waals surface area contributed by atoms with Gasteiger partial charge in [0.05, 0.1) is 6.26 Å². The summed E-state index contributed by atoms with van der Waals surface area (Å²) in [6, 6.07) is 2.20. The monoisotopic (exact) mass is 235 g/mol. The van der Waals surface area contributed by atoms with Crippen molar-refractivity contribution in [2.45, 2.75) is 45.6 Å². The Morgan fingerprint density at radius 3 is 2.71 bits per heavy atom. The lowest BCUT2D eigenvalue weighted by Gasteiger charge is -2.35. The number of aryl methyl sites for hydroxylation is 1. The molecule has 0 unspecified atom stereocenters. The molecule has 3 nitrogen and oxygen atoms in total. The maximum Gasteiger partial charge on any atom is 0.289 e. The van der Waals surface area contributed by atoms with Crippen LogP contribution in [0.3, 0.4) is 0 Å². The van der Waals surface area contributed by atoms with Crippen molar-refractivity contribution in [3.8, 4) is 0 Å². The lowest BCUT2D eigenvalue weighted by Crippen LogP contribution is -2.42. The maximum absolute atomic E-state index is 12.3. The fraction of sp³-hybridized carbons (Fsp3) is 0.643. The average molecular weight is 235 g/mol. The fourth-order valence-electron chi connectivity index (χ4n) is 2.77. The van der Waals surface area contributed by atoms with E-state index >= 15 is 0 Å². The molecule has 2 atom stereocenters. The summed E-state index contributed by atoms with van der Waals surface area (Å²) in [5.74, 6) is 1.10. The molecule has 2 rings (SSSR count). The molecular formula is C14H21NO2. The van der Waals surface area contributed by atoms with Crippen molar-refractivity contribution in [3.05, 3.63) is 23.7 Å². The van der Waals surface area contributed by atoms with E-state index < -0.39 is 0 Å². The van der Waals surface area contributed by atoms with Crippen molar-refractivity contribution >= 4 is 5.91 Å². The van der Waals surface area contributed by atoms with Crippen LogP contribution >= 0.6 is 0 Å². The van der Waals surface area contributed by atoms with Crippen LogP contribution < -0.4 is 0 Å². The molecule has 1 aromatic heterocycles. The van der Waals surface area contributed by atoms with E-state index in [0.29, 0.717) is 17.7 Å². The van der Waals surface area contributed by atoms with Crippen LogP contribution in [-0.4, -0.2) is 23.9 Å². The summed E-state index contributed by atoms with van der Waals surface area (Å²) in [5, 5.41) is 0. The highest BCUT2D eigenvalue weighted by molar-refractivity contribution is 5.92. The molecule has 0 spiro atoms. The average Bonchev–Trinajstić information content (AvgIpc) is 2.74. The summed E-state index contributed by atoms with van der Waals surface area (Å²) < 4.78 is 5.28. The van der Waals surface area contributed by atoms with Gasteiger partial charge in [0.1, 0.15) is 0 Å². The Bertz CT molecular complexity index is 397. The summed E-state index contributed by atoms with van der Waals surface area (Å²) in [4.78, 5) is 14.2. The van der Waals surface area contributed by atoms with Crippen LogP contribution in [-0.2, 0) is 0 Å². The van der Waals surface area contributed by atoms with Gasteiger partial charge in [-0.1, -0.05) is 19.8 Å². The van der Waals surface area contributed by atoms with E-state index in [0.717, 1.165) is 12.0 Å². The van der Waals surface area contributed by atoms with Crippen LogP contribution in [0.2, 0.25) is 0 Å². The van der Waals surface area contributed by atoms with E-state index in [2.05, 4.69) is 6.92 Å². The summed E-state index contributed by atoms with van der Waals surface area (Å²) in [7, 11) is 1.90. The van der Waals surface area contributed by atoms with E-state index in [1.54, 1.807) is 6.26 Å². The first-order chi connectivity index (χ1) is 8.11. The van der Waals surface area contributed by atoms with Gasteiger partial charge in [-0.2, -0.15) is 0 Å². The predicted molar refractivity (Wildman–Crippen MR) is 67.0 cm³/mol. The Labute approximate surface area is 103 Å². The maximum atomic E-state index is 12.3. The highest BCUT2D eigenvalue weighted by Crippen LogP contribution is 2.28. The smallest absolute Gasteiger partial charge is 0.289 e. The van der Waals surface area contributed by atoms with Crippen molar-refractivity contribution in [3.63, 3.8) is 0 Å². The Morgan fingerprint density at radius 2 is 2.12 bits per heavy atom. The molecule has 1 amide bonds. The largest absolute Gasteiger partial charge is 0.459 e. The highest BCUT2D eigenvalue weighted by atomic mass is 16.3. The van der Waals surface area contributed by atoms with Crippen LogP contribution in [0.5, 0.6) is 0 Å². The first-order valence-corrected chi connectivity index (χ1v) is 6.42. The molecule has 0 N–H and O–H groups in total. The fourth-order valence-corrected chi connectivity index (χ4v) is 2.77. The zero-order valence-corrected chi connectivity index (χ0v) is 10.9. The van der Waals surface area contributed by atoms with Gasteiger partial charge in [0.25, 0.3) is 5.91 Å². The molecule has 1 fully saturated rings. The summed E-state index contributed by atoms with van der Waals surface area (Å²) in [6.45, 7) is 4.15. The number of hydrogen-bond acceptors (Lipinski definition) is 2. The summed E-state index contributed by atoms with van der Waals surface area (Å²) in [5.41, 5.74) is 0.922. The normalized spacial score (nSPS) is 24.6. The number of carbonyl (C=O) groups is 1. The minimum absolute atomic E-state index is 0.0197. The summed E-state index contributed by atoms with van der Waals surface area (Å²) >= 11 is 0. The Balaban J connectivity index is 2.11. The summed E-state index contributed by atoms with van der Waals surface area (Å²) in [6.07, 6.45) is 6.44. The quantitative estimate of drug-likeness (QED) is 0.788. The molecule has 17 heavy (non-hydrogen) atoms. The molecule has 0 bridgehead atoms. The van der Waals surface area contributed by atoms with Crippen molar-refractivity contribution in [1.82, 2.24) is 4.90 Å². The second-order valence-corrected chi connectivity index (χ2v) is 5.18. The molecule has 94 valence electrons. The molecule has 1 heterocycles. The standard InChI is InChI=1S/C14H21NO2/c1-10-6-4-5-7-12(10)15(3)14(16)13-11(2)8-9-17-13/h8-10,12H,4-7H2,1-3H3/t10-,12+/m1/s1. The van der Waals surface area contributed by atoms with Gasteiger partial charge in [-0.05, 0) is 31.7 Å². The topological polar surface area (TPSA) is 33.5 Å². The second-order valence-electron chi connectivity index (χ2n) is 5.18. The SMILES string of the molecule is Cc1ccoc1C(=O)N(C)[C@H]1CCCC[C@H]1C. The molecular weight excluding hydrogens is 214 g/mol. The van der Waals surface area contributed by atoms with Crippen molar-refractivity contribution in [1.29, 1.82) is 0 Å². The van der Waals surface area contributed by atoms with E-state index in [1.165, 1.54) is 19.3 Å². The Kier molecular flexibility index (Phi) is 3.55. The predicted octanol–water partition coefficient (Wildman–Crippen LogP) is 3.24. The van der Waals surface area contributed by atoms with Gasteiger partial charge in [0, 0.05) is 18.7 Å². The number of furan rings is 1. The molecule has 1 saturated carbocycles. The Morgan fingerprint density at radius 1 is 1.41 bits per heavy atom. The van der Waals surface area contributed by atoms with Crippen molar-refractivity contribution < 1.29 is 9.21 Å². The molecule has 0 saturated heterocycles. The van der Waals surface area contributed by atoms with Crippen LogP contribution in [0, 0.1) is 12.8 Å². The minimum Gasteiger partial charge on any atom is -0.459 e. The molecule has 0 radical (unpaired) electrons. The van der Waals surface area contributed by atoms with Crippen molar-refractivity contribution in [2.24, 2.45) is 5.92 Å². The molecule has 0 aliphatic heterocycles. The van der Waals surface area contributed by atoms with Crippen LogP contribution in [0.25, 0.3) is 0 Å². The van der Waals surface area contributed by atoms with Crippen molar-refractivity contribution in [2.75, 3.05) is 7.05 Å². The second kappa shape index (κ2) is 4.94. The highest BCUT2D eigenvalue weighted by Gasteiger charge is 2.29. The zero-order chi connectivity index (χ0) is 12.4. The third-order valence-electron chi connectivity index (χ3n) is 3.94. The molecule has 0 aromatic carbocycles. The molecule has 1 aliphatic carbocycles. The third kappa shape index (κ3) is 2.38. The molecule has 3 heteroatoms. The number of amides is 1. The van der Waals surface area contributed by atoms with Gasteiger partial charge < -0.3 is 9.32 Å². The first kappa shape index (κ1) is 12.2. The van der Waals surface area contributed by atoms with Gasteiger partial charge in [-0.15, -0.1) is 0 Å². The van der Waals surface area contributed by atoms with Crippen LogP contribution in [0.15, 0.2) is 16.7 Å². The van der Waals surface area contributed by atoms with E-state index in [4.69, 9.17) is 4.42 Å². The molecule has 1 aromatic rings. The van der Waals surface area contributed by atoms with Crippen LogP contribution in [0.1, 0.15) is 48.7 Å². The number of carbonyl (C=O) groups excluding carboxylic acids is 1. The van der Waals surface area contributed by atoms with E-state index in [1.807, 2.05) is 24.9 Å².